The van der Waals surface area contributed by atoms with Gasteiger partial charge in [0.25, 0.3) is 5.91 Å². The summed E-state index contributed by atoms with van der Waals surface area (Å²) in [7, 11) is -3.21. The van der Waals surface area contributed by atoms with Gasteiger partial charge in [0.2, 0.25) is 0 Å². The lowest BCUT2D eigenvalue weighted by Gasteiger charge is -2.12. The third-order valence-corrected chi connectivity index (χ3v) is 3.77. The highest BCUT2D eigenvalue weighted by Crippen LogP contribution is 2.10. The van der Waals surface area contributed by atoms with Gasteiger partial charge in [0, 0.05) is 17.9 Å². The monoisotopic (exact) mass is 269 g/mol. The predicted molar refractivity (Wildman–Crippen MR) is 71.4 cm³/mol. The maximum Gasteiger partial charge on any atom is 0.251 e. The summed E-state index contributed by atoms with van der Waals surface area (Å²) in [4.78, 5) is 12.1. The van der Waals surface area contributed by atoms with Gasteiger partial charge >= 0.3 is 0 Å². The van der Waals surface area contributed by atoms with Crippen molar-refractivity contribution in [3.8, 4) is 0 Å². The van der Waals surface area contributed by atoms with E-state index in [4.69, 9.17) is 0 Å². The number of rotatable bonds is 5. The highest BCUT2D eigenvalue weighted by Gasteiger charge is 2.11. The summed E-state index contributed by atoms with van der Waals surface area (Å²) in [6.07, 6.45) is 3.08. The summed E-state index contributed by atoms with van der Waals surface area (Å²) in [5.74, 6) is -0.170. The van der Waals surface area contributed by atoms with Crippen LogP contribution in [0, 0.1) is 0 Å². The Bertz CT molecular complexity index is 506. The fourth-order valence-electron chi connectivity index (χ4n) is 1.67. The number of hydrogen-bond donors (Lipinski definition) is 1. The standard InChI is InChI=1S/C13H19NO3S/c1-4-5-10(2)14-13(15)11-6-8-12(9-7-11)18(3,16)17/h6-10H,4-5H2,1-3H3,(H,14,15)/t10-/m0/s1. The lowest BCUT2D eigenvalue weighted by atomic mass is 10.1. The molecule has 1 amide bonds. The molecule has 5 heteroatoms. The number of nitrogens with one attached hydrogen (secondary N) is 1. The molecule has 4 nitrogen and oxygen atoms in total. The summed E-state index contributed by atoms with van der Waals surface area (Å²) in [5.41, 5.74) is 0.477. The maximum atomic E-state index is 11.8. The van der Waals surface area contributed by atoms with Crippen LogP contribution < -0.4 is 5.32 Å². The Morgan fingerprint density at radius 2 is 1.83 bits per heavy atom. The van der Waals surface area contributed by atoms with Crippen LogP contribution in [0.2, 0.25) is 0 Å². The van der Waals surface area contributed by atoms with Crippen LogP contribution in [-0.4, -0.2) is 26.6 Å². The van der Waals surface area contributed by atoms with E-state index in [0.29, 0.717) is 5.56 Å². The smallest absolute Gasteiger partial charge is 0.251 e. The van der Waals surface area contributed by atoms with Crippen LogP contribution in [0.25, 0.3) is 0 Å². The molecule has 1 N–H and O–H groups in total. The Morgan fingerprint density at radius 1 is 1.28 bits per heavy atom. The molecule has 0 saturated carbocycles. The van der Waals surface area contributed by atoms with Gasteiger partial charge in [-0.05, 0) is 37.6 Å². The molecule has 0 spiro atoms. The molecule has 0 unspecified atom stereocenters. The molecule has 1 atom stereocenters. The van der Waals surface area contributed by atoms with E-state index in [0.717, 1.165) is 19.1 Å². The van der Waals surface area contributed by atoms with Crippen LogP contribution in [0.1, 0.15) is 37.0 Å². The summed E-state index contributed by atoms with van der Waals surface area (Å²) >= 11 is 0. The summed E-state index contributed by atoms with van der Waals surface area (Å²) in [6, 6.07) is 6.09. The fraction of sp³-hybridized carbons (Fsp3) is 0.462. The van der Waals surface area contributed by atoms with E-state index in [2.05, 4.69) is 12.2 Å². The maximum absolute atomic E-state index is 11.8. The van der Waals surface area contributed by atoms with Crippen molar-refractivity contribution in [3.05, 3.63) is 29.8 Å². The van der Waals surface area contributed by atoms with Crippen molar-refractivity contribution in [3.63, 3.8) is 0 Å². The molecule has 0 bridgehead atoms. The molecule has 1 aromatic rings. The van der Waals surface area contributed by atoms with Crippen LogP contribution in [0.4, 0.5) is 0 Å². The van der Waals surface area contributed by atoms with Crippen LogP contribution in [0.15, 0.2) is 29.2 Å². The molecule has 18 heavy (non-hydrogen) atoms. The minimum Gasteiger partial charge on any atom is -0.350 e. The third kappa shape index (κ3) is 4.14. The van der Waals surface area contributed by atoms with Gasteiger partial charge in [0.1, 0.15) is 0 Å². The molecule has 0 fully saturated rings. The Hall–Kier alpha value is -1.36. The first-order valence-electron chi connectivity index (χ1n) is 5.95. The van der Waals surface area contributed by atoms with E-state index in [1.54, 1.807) is 0 Å². The Balaban J connectivity index is 2.77. The first-order chi connectivity index (χ1) is 8.34. The fourth-order valence-corrected chi connectivity index (χ4v) is 2.30. The topological polar surface area (TPSA) is 63.2 Å². The minimum atomic E-state index is -3.21. The van der Waals surface area contributed by atoms with Gasteiger partial charge in [0.15, 0.2) is 9.84 Å². The van der Waals surface area contributed by atoms with E-state index in [-0.39, 0.29) is 16.8 Å². The van der Waals surface area contributed by atoms with Crippen molar-refractivity contribution in [2.45, 2.75) is 37.6 Å². The summed E-state index contributed by atoms with van der Waals surface area (Å²) in [6.45, 7) is 4.01. The quantitative estimate of drug-likeness (QED) is 0.889. The Labute approximate surface area is 108 Å². The van der Waals surface area contributed by atoms with Gasteiger partial charge in [0.05, 0.1) is 4.90 Å². The molecule has 0 aliphatic heterocycles. The predicted octanol–water partition coefficient (Wildman–Crippen LogP) is 2.01. The second-order valence-electron chi connectivity index (χ2n) is 4.46. The molecule has 0 aliphatic rings. The van der Waals surface area contributed by atoms with E-state index in [1.807, 2.05) is 6.92 Å². The zero-order valence-electron chi connectivity index (χ0n) is 10.9. The summed E-state index contributed by atoms with van der Waals surface area (Å²) in [5, 5.41) is 2.87. The number of sulfone groups is 1. The van der Waals surface area contributed by atoms with Crippen molar-refractivity contribution < 1.29 is 13.2 Å². The second-order valence-corrected chi connectivity index (χ2v) is 6.48. The molecule has 100 valence electrons. The lowest BCUT2D eigenvalue weighted by molar-refractivity contribution is 0.0938. The van der Waals surface area contributed by atoms with Crippen LogP contribution >= 0.6 is 0 Å². The van der Waals surface area contributed by atoms with Gasteiger partial charge in [-0.1, -0.05) is 13.3 Å². The average Bonchev–Trinajstić information content (AvgIpc) is 2.28. The first-order valence-corrected chi connectivity index (χ1v) is 7.84. The van der Waals surface area contributed by atoms with Crippen molar-refractivity contribution in [1.82, 2.24) is 5.32 Å². The SMILES string of the molecule is CCC[C@H](C)NC(=O)c1ccc(S(C)(=O)=O)cc1. The molecule has 0 aliphatic carbocycles. The number of carbonyl (C=O) groups excluding carboxylic acids is 1. The van der Waals surface area contributed by atoms with Gasteiger partial charge in [-0.25, -0.2) is 8.42 Å². The molecule has 0 radical (unpaired) electrons. The van der Waals surface area contributed by atoms with Crippen molar-refractivity contribution in [2.75, 3.05) is 6.26 Å². The second kappa shape index (κ2) is 6.00. The number of carbonyl (C=O) groups is 1. The number of hydrogen-bond acceptors (Lipinski definition) is 3. The van der Waals surface area contributed by atoms with E-state index >= 15 is 0 Å². The molecule has 0 heterocycles. The zero-order chi connectivity index (χ0) is 13.8. The zero-order valence-corrected chi connectivity index (χ0v) is 11.8. The lowest BCUT2D eigenvalue weighted by Crippen LogP contribution is -2.32. The molecule has 1 rings (SSSR count). The highest BCUT2D eigenvalue weighted by molar-refractivity contribution is 7.90. The van der Waals surface area contributed by atoms with E-state index in [1.165, 1.54) is 24.3 Å². The Kier molecular flexibility index (Phi) is 4.90. The Morgan fingerprint density at radius 3 is 2.28 bits per heavy atom. The number of amides is 1. The highest BCUT2D eigenvalue weighted by atomic mass is 32.2. The van der Waals surface area contributed by atoms with Crippen molar-refractivity contribution in [2.24, 2.45) is 0 Å². The molecule has 1 aromatic carbocycles. The minimum absolute atomic E-state index is 0.122. The van der Waals surface area contributed by atoms with Crippen LogP contribution in [0.5, 0.6) is 0 Å². The van der Waals surface area contributed by atoms with Gasteiger partial charge in [-0.3, -0.25) is 4.79 Å². The van der Waals surface area contributed by atoms with Crippen LogP contribution in [-0.2, 0) is 9.84 Å². The molecule has 0 aromatic heterocycles. The summed E-state index contributed by atoms with van der Waals surface area (Å²) < 4.78 is 22.6. The van der Waals surface area contributed by atoms with Crippen molar-refractivity contribution >= 4 is 15.7 Å². The van der Waals surface area contributed by atoms with E-state index in [9.17, 15) is 13.2 Å². The molecular formula is C13H19NO3S. The molecular weight excluding hydrogens is 250 g/mol. The van der Waals surface area contributed by atoms with Gasteiger partial charge in [-0.15, -0.1) is 0 Å². The first kappa shape index (κ1) is 14.7. The average molecular weight is 269 g/mol. The normalized spacial score (nSPS) is 13.1. The van der Waals surface area contributed by atoms with Crippen molar-refractivity contribution in [1.29, 1.82) is 0 Å². The van der Waals surface area contributed by atoms with Crippen LogP contribution in [0.3, 0.4) is 0 Å². The third-order valence-electron chi connectivity index (χ3n) is 2.64. The van der Waals surface area contributed by atoms with E-state index < -0.39 is 9.84 Å². The van der Waals surface area contributed by atoms with Gasteiger partial charge in [-0.2, -0.15) is 0 Å². The number of benzene rings is 1. The van der Waals surface area contributed by atoms with Gasteiger partial charge < -0.3 is 5.32 Å². The largest absolute Gasteiger partial charge is 0.350 e. The molecule has 0 saturated heterocycles.